The summed E-state index contributed by atoms with van der Waals surface area (Å²) in [5, 5.41) is 0. The fraction of sp³-hybridized carbons (Fsp3) is 0.130. The van der Waals surface area contributed by atoms with Gasteiger partial charge in [-0.1, -0.05) is 0 Å². The normalized spacial score (nSPS) is 12.6. The van der Waals surface area contributed by atoms with E-state index in [0.717, 1.165) is 12.1 Å². The molecule has 0 saturated carbocycles. The second-order valence-electron chi connectivity index (χ2n) is 6.99. The van der Waals surface area contributed by atoms with Crippen LogP contribution in [0.3, 0.4) is 0 Å². The molecule has 1 aliphatic rings. The molecule has 0 saturated heterocycles. The number of Topliss-reactive ketones (excluding diaryl/α,β-unsaturated/α-hetero) is 1. The molecule has 1 aliphatic heterocycles. The van der Waals surface area contributed by atoms with Crippen molar-refractivity contribution in [1.82, 2.24) is 0 Å². The van der Waals surface area contributed by atoms with E-state index in [1.807, 2.05) is 0 Å². The van der Waals surface area contributed by atoms with E-state index in [9.17, 15) is 22.4 Å². The highest BCUT2D eigenvalue weighted by molar-refractivity contribution is 7.92. The van der Waals surface area contributed by atoms with Gasteiger partial charge in [-0.25, -0.2) is 17.6 Å². The minimum Gasteiger partial charge on any atom is -0.486 e. The minimum atomic E-state index is -3.91. The van der Waals surface area contributed by atoms with Crippen LogP contribution in [-0.4, -0.2) is 40.0 Å². The number of fused-ring (bicyclic) bond motifs is 1. The number of anilines is 1. The van der Waals surface area contributed by atoms with Gasteiger partial charge in [0.1, 0.15) is 19.0 Å². The Morgan fingerprint density at radius 2 is 1.52 bits per heavy atom. The van der Waals surface area contributed by atoms with Crippen LogP contribution < -0.4 is 14.2 Å². The number of benzene rings is 3. The predicted molar refractivity (Wildman–Crippen MR) is 116 cm³/mol. The van der Waals surface area contributed by atoms with Gasteiger partial charge < -0.3 is 14.2 Å². The number of sulfonamides is 1. The number of hydrogen-bond donors (Lipinski definition) is 1. The molecule has 1 heterocycles. The van der Waals surface area contributed by atoms with Crippen LogP contribution in [0.5, 0.6) is 11.5 Å². The van der Waals surface area contributed by atoms with Crippen LogP contribution in [0.4, 0.5) is 10.1 Å². The largest absolute Gasteiger partial charge is 0.486 e. The Morgan fingerprint density at radius 3 is 2.21 bits per heavy atom. The monoisotopic (exact) mass is 471 g/mol. The van der Waals surface area contributed by atoms with Gasteiger partial charge in [0, 0.05) is 17.3 Å². The summed E-state index contributed by atoms with van der Waals surface area (Å²) >= 11 is 0. The highest BCUT2D eigenvalue weighted by Gasteiger charge is 2.20. The second kappa shape index (κ2) is 9.29. The molecule has 4 rings (SSSR count). The van der Waals surface area contributed by atoms with Crippen molar-refractivity contribution in [3.63, 3.8) is 0 Å². The third-order valence-electron chi connectivity index (χ3n) is 4.70. The van der Waals surface area contributed by atoms with Crippen molar-refractivity contribution in [3.05, 3.63) is 83.7 Å². The van der Waals surface area contributed by atoms with E-state index >= 15 is 0 Å². The number of carbonyl (C=O) groups is 2. The van der Waals surface area contributed by atoms with Gasteiger partial charge in [-0.15, -0.1) is 0 Å². The minimum absolute atomic E-state index is 0.00505. The number of carbonyl (C=O) groups excluding carboxylic acids is 2. The first-order valence-electron chi connectivity index (χ1n) is 9.80. The molecule has 1 N–H and O–H groups in total. The van der Waals surface area contributed by atoms with Crippen LogP contribution in [0.2, 0.25) is 0 Å². The van der Waals surface area contributed by atoms with E-state index in [2.05, 4.69) is 4.72 Å². The Bertz CT molecular complexity index is 1290. The lowest BCUT2D eigenvalue weighted by molar-refractivity contribution is 0.0474. The summed E-state index contributed by atoms with van der Waals surface area (Å²) in [5.41, 5.74) is 0.570. The van der Waals surface area contributed by atoms with E-state index < -0.39 is 34.2 Å². The molecule has 0 atom stereocenters. The molecule has 8 nitrogen and oxygen atoms in total. The van der Waals surface area contributed by atoms with Crippen molar-refractivity contribution < 1.29 is 36.6 Å². The van der Waals surface area contributed by atoms with Crippen molar-refractivity contribution >= 4 is 27.5 Å². The van der Waals surface area contributed by atoms with Crippen LogP contribution in [0, 0.1) is 5.82 Å². The van der Waals surface area contributed by atoms with Crippen LogP contribution >= 0.6 is 0 Å². The Hall–Kier alpha value is -3.92. The number of ether oxygens (including phenoxy) is 3. The number of nitrogens with one attached hydrogen (secondary N) is 1. The smallest absolute Gasteiger partial charge is 0.338 e. The summed E-state index contributed by atoms with van der Waals surface area (Å²) in [6, 6.07) is 14.7. The molecule has 10 heteroatoms. The van der Waals surface area contributed by atoms with Crippen LogP contribution in [-0.2, 0) is 14.8 Å². The summed E-state index contributed by atoms with van der Waals surface area (Å²) in [6.07, 6.45) is 0. The highest BCUT2D eigenvalue weighted by atomic mass is 32.2. The lowest BCUT2D eigenvalue weighted by Gasteiger charge is -2.19. The number of halogens is 1. The Labute approximate surface area is 189 Å². The Morgan fingerprint density at radius 1 is 0.879 bits per heavy atom. The molecular formula is C23H18FNO7S. The Balaban J connectivity index is 1.38. The van der Waals surface area contributed by atoms with Gasteiger partial charge in [0.25, 0.3) is 10.0 Å². The zero-order chi connectivity index (χ0) is 23.4. The first-order chi connectivity index (χ1) is 15.8. The van der Waals surface area contributed by atoms with Gasteiger partial charge in [-0.2, -0.15) is 0 Å². The summed E-state index contributed by atoms with van der Waals surface area (Å²) in [4.78, 5) is 24.2. The number of ketones is 1. The SMILES string of the molecule is O=C(COC(=O)c1ccc(NS(=O)(=O)c2ccc3c(c2)OCCO3)cc1)c1ccc(F)cc1. The first kappa shape index (κ1) is 22.3. The second-order valence-corrected chi connectivity index (χ2v) is 8.68. The molecule has 3 aromatic rings. The van der Waals surface area contributed by atoms with Gasteiger partial charge in [0.15, 0.2) is 23.9 Å². The van der Waals surface area contributed by atoms with Crippen molar-refractivity contribution in [2.45, 2.75) is 4.90 Å². The molecule has 0 unspecified atom stereocenters. The van der Waals surface area contributed by atoms with E-state index in [-0.39, 0.29) is 21.7 Å². The average molecular weight is 471 g/mol. The molecule has 0 amide bonds. The van der Waals surface area contributed by atoms with E-state index in [1.165, 1.54) is 54.6 Å². The predicted octanol–water partition coefficient (Wildman–Crippen LogP) is 3.44. The molecule has 0 fully saturated rings. The maximum Gasteiger partial charge on any atom is 0.338 e. The summed E-state index contributed by atoms with van der Waals surface area (Å²) in [5.74, 6) is -0.898. The lowest BCUT2D eigenvalue weighted by Crippen LogP contribution is -2.17. The zero-order valence-electron chi connectivity index (χ0n) is 17.1. The molecule has 33 heavy (non-hydrogen) atoms. The fourth-order valence-electron chi connectivity index (χ4n) is 3.01. The van der Waals surface area contributed by atoms with Gasteiger partial charge in [-0.3, -0.25) is 9.52 Å². The number of esters is 1. The Kier molecular flexibility index (Phi) is 6.27. The van der Waals surface area contributed by atoms with Crippen LogP contribution in [0.15, 0.2) is 71.6 Å². The van der Waals surface area contributed by atoms with Gasteiger partial charge >= 0.3 is 5.97 Å². The molecule has 0 aliphatic carbocycles. The standard InChI is InChI=1S/C23H18FNO7S/c24-17-5-1-15(2-6-17)20(26)14-32-23(27)16-3-7-18(8-4-16)25-33(28,29)19-9-10-21-22(13-19)31-12-11-30-21/h1-10,13,25H,11-12,14H2. The third kappa shape index (κ3) is 5.29. The molecular weight excluding hydrogens is 453 g/mol. The van der Waals surface area contributed by atoms with Crippen molar-refractivity contribution in [2.75, 3.05) is 24.5 Å². The molecule has 0 aromatic heterocycles. The van der Waals surface area contributed by atoms with Crippen molar-refractivity contribution in [1.29, 1.82) is 0 Å². The molecule has 0 bridgehead atoms. The zero-order valence-corrected chi connectivity index (χ0v) is 17.9. The van der Waals surface area contributed by atoms with E-state index in [1.54, 1.807) is 0 Å². The maximum atomic E-state index is 12.9. The molecule has 170 valence electrons. The van der Waals surface area contributed by atoms with E-state index in [0.29, 0.717) is 24.7 Å². The highest BCUT2D eigenvalue weighted by Crippen LogP contribution is 2.32. The van der Waals surface area contributed by atoms with Gasteiger partial charge in [0.05, 0.1) is 10.5 Å². The lowest BCUT2D eigenvalue weighted by atomic mass is 10.1. The molecule has 0 radical (unpaired) electrons. The van der Waals surface area contributed by atoms with Gasteiger partial charge in [0.2, 0.25) is 0 Å². The summed E-state index contributed by atoms with van der Waals surface area (Å²) in [7, 11) is -3.91. The van der Waals surface area contributed by atoms with Crippen molar-refractivity contribution in [2.24, 2.45) is 0 Å². The third-order valence-corrected chi connectivity index (χ3v) is 6.08. The van der Waals surface area contributed by atoms with Crippen LogP contribution in [0.25, 0.3) is 0 Å². The summed E-state index contributed by atoms with van der Waals surface area (Å²) in [6.45, 7) is 0.215. The average Bonchev–Trinajstić information content (AvgIpc) is 2.82. The number of rotatable bonds is 7. The van der Waals surface area contributed by atoms with Gasteiger partial charge in [-0.05, 0) is 60.7 Å². The topological polar surface area (TPSA) is 108 Å². The first-order valence-corrected chi connectivity index (χ1v) is 11.3. The van der Waals surface area contributed by atoms with Crippen LogP contribution in [0.1, 0.15) is 20.7 Å². The molecule has 0 spiro atoms. The summed E-state index contributed by atoms with van der Waals surface area (Å²) < 4.78 is 56.5. The number of hydrogen-bond acceptors (Lipinski definition) is 7. The van der Waals surface area contributed by atoms with E-state index in [4.69, 9.17) is 14.2 Å². The quantitative estimate of drug-likeness (QED) is 0.415. The molecule has 3 aromatic carbocycles. The maximum absolute atomic E-state index is 12.9. The van der Waals surface area contributed by atoms with Crippen molar-refractivity contribution in [3.8, 4) is 11.5 Å². The fourth-order valence-corrected chi connectivity index (χ4v) is 4.09.